The van der Waals surface area contributed by atoms with Gasteiger partial charge in [0.1, 0.15) is 18.5 Å². The van der Waals surface area contributed by atoms with E-state index < -0.39 is 46.5 Å². The molecule has 45 heavy (non-hydrogen) atoms. The summed E-state index contributed by atoms with van der Waals surface area (Å²) in [6, 6.07) is 15.0. The van der Waals surface area contributed by atoms with E-state index in [1.807, 2.05) is 37.3 Å². The van der Waals surface area contributed by atoms with Gasteiger partial charge in [-0.2, -0.15) is 13.2 Å². The average molecular weight is 625 g/mol. The van der Waals surface area contributed by atoms with Crippen LogP contribution in [0.25, 0.3) is 11.3 Å². The lowest BCUT2D eigenvalue weighted by atomic mass is 10.0. The third-order valence-electron chi connectivity index (χ3n) is 6.98. The fraction of sp³-hybridized carbons (Fsp3) is 0.281. The molecule has 5 rings (SSSR count). The molecule has 9 nitrogen and oxygen atoms in total. The lowest BCUT2D eigenvalue weighted by Gasteiger charge is -2.37. The molecule has 1 fully saturated rings. The minimum absolute atomic E-state index is 0.0465. The van der Waals surface area contributed by atoms with Gasteiger partial charge in [0, 0.05) is 29.9 Å². The molecular formula is C32H28F4N4O5. The number of aromatic nitrogens is 3. The van der Waals surface area contributed by atoms with E-state index in [9.17, 15) is 22.8 Å². The second kappa shape index (κ2) is 13.4. The van der Waals surface area contributed by atoms with Crippen molar-refractivity contribution in [2.24, 2.45) is 0 Å². The fourth-order valence-electron chi connectivity index (χ4n) is 4.85. The van der Waals surface area contributed by atoms with Crippen molar-refractivity contribution in [2.45, 2.75) is 38.8 Å². The molecule has 0 N–H and O–H groups in total. The summed E-state index contributed by atoms with van der Waals surface area (Å²) in [4.78, 5) is 39.8. The number of alkyl halides is 3. The number of ether oxygens (including phenoxy) is 3. The number of benzene rings is 2. The molecule has 13 heteroatoms. The SMILES string of the molecule is CCOC(=O)c1nc(N2C[C@@H](C)O[C@@H](c3ccc(OCc4ccccc4)nc3)C2)nc(-c2ccc(C(F)(F)F)cc2F)c1C=O. The number of carbonyl (C=O) groups is 2. The first-order valence-electron chi connectivity index (χ1n) is 14.0. The molecule has 4 aromatic rings. The maximum Gasteiger partial charge on any atom is 0.416 e. The monoisotopic (exact) mass is 624 g/mol. The number of anilines is 1. The van der Waals surface area contributed by atoms with Crippen molar-refractivity contribution in [1.29, 1.82) is 0 Å². The van der Waals surface area contributed by atoms with E-state index in [4.69, 9.17) is 14.2 Å². The van der Waals surface area contributed by atoms with Crippen LogP contribution in [0.4, 0.5) is 23.5 Å². The minimum atomic E-state index is -4.79. The molecule has 0 saturated carbocycles. The molecule has 1 aliphatic rings. The summed E-state index contributed by atoms with van der Waals surface area (Å²) in [7, 11) is 0. The van der Waals surface area contributed by atoms with Crippen LogP contribution in [0.1, 0.15) is 57.5 Å². The highest BCUT2D eigenvalue weighted by Gasteiger charge is 2.34. The van der Waals surface area contributed by atoms with Crippen molar-refractivity contribution >= 4 is 18.2 Å². The molecule has 234 valence electrons. The largest absolute Gasteiger partial charge is 0.473 e. The first kappa shape index (κ1) is 31.5. The molecule has 0 amide bonds. The Bertz CT molecular complexity index is 1670. The molecule has 0 spiro atoms. The number of morpholine rings is 1. The molecule has 2 aromatic carbocycles. The first-order chi connectivity index (χ1) is 21.6. The van der Waals surface area contributed by atoms with Crippen LogP contribution in [0, 0.1) is 5.82 Å². The molecule has 0 unspecified atom stereocenters. The number of esters is 1. The zero-order valence-corrected chi connectivity index (χ0v) is 24.3. The maximum absolute atomic E-state index is 15.1. The lowest BCUT2D eigenvalue weighted by molar-refractivity contribution is -0.137. The number of carbonyl (C=O) groups excluding carboxylic acids is 2. The summed E-state index contributed by atoms with van der Waals surface area (Å²) in [6.07, 6.45) is -3.83. The summed E-state index contributed by atoms with van der Waals surface area (Å²) in [5.74, 6) is -1.89. The van der Waals surface area contributed by atoms with Crippen LogP contribution >= 0.6 is 0 Å². The number of pyridine rings is 1. The van der Waals surface area contributed by atoms with Gasteiger partial charge in [-0.05, 0) is 43.7 Å². The molecular weight excluding hydrogens is 596 g/mol. The smallest absolute Gasteiger partial charge is 0.416 e. The summed E-state index contributed by atoms with van der Waals surface area (Å²) >= 11 is 0. The quantitative estimate of drug-likeness (QED) is 0.122. The van der Waals surface area contributed by atoms with Gasteiger partial charge in [-0.3, -0.25) is 4.79 Å². The standard InChI is InChI=1S/C32H28F4N4O5/c1-3-43-30(42)29-24(17-41)28(23-11-10-22(13-25(23)33)32(34,35)36)38-31(39-29)40-15-19(2)45-26(16-40)21-9-12-27(37-14-21)44-18-20-7-5-4-6-8-20/h4-14,17,19,26H,3,15-16,18H2,1-2H3/t19-,26-/m1/s1. The normalized spacial score (nSPS) is 16.7. The zero-order valence-electron chi connectivity index (χ0n) is 24.3. The Morgan fingerprint density at radius 2 is 1.87 bits per heavy atom. The van der Waals surface area contributed by atoms with E-state index in [0.29, 0.717) is 30.2 Å². The van der Waals surface area contributed by atoms with Crippen molar-refractivity contribution in [3.8, 4) is 17.1 Å². The Hall–Kier alpha value is -4.91. The number of aldehydes is 1. The van der Waals surface area contributed by atoms with E-state index in [2.05, 4.69) is 15.0 Å². The van der Waals surface area contributed by atoms with Crippen molar-refractivity contribution in [3.05, 3.63) is 101 Å². The van der Waals surface area contributed by atoms with Gasteiger partial charge in [0.15, 0.2) is 12.0 Å². The predicted octanol–water partition coefficient (Wildman–Crippen LogP) is 6.23. The summed E-state index contributed by atoms with van der Waals surface area (Å²) in [6.45, 7) is 4.09. The number of hydrogen-bond donors (Lipinski definition) is 0. The van der Waals surface area contributed by atoms with E-state index in [0.717, 1.165) is 11.6 Å². The fourth-order valence-corrected chi connectivity index (χ4v) is 4.85. The molecule has 0 aliphatic carbocycles. The Labute approximate surface area is 255 Å². The number of halogens is 4. The predicted molar refractivity (Wildman–Crippen MR) is 154 cm³/mol. The van der Waals surface area contributed by atoms with Crippen LogP contribution < -0.4 is 9.64 Å². The van der Waals surface area contributed by atoms with E-state index in [-0.39, 0.29) is 43.7 Å². The molecule has 3 heterocycles. The van der Waals surface area contributed by atoms with Crippen LogP contribution in [-0.2, 0) is 22.3 Å². The zero-order chi connectivity index (χ0) is 32.1. The Kier molecular flexibility index (Phi) is 9.37. The van der Waals surface area contributed by atoms with Crippen LogP contribution in [0.2, 0.25) is 0 Å². The van der Waals surface area contributed by atoms with Crippen molar-refractivity contribution < 1.29 is 41.4 Å². The van der Waals surface area contributed by atoms with Gasteiger partial charge in [-0.25, -0.2) is 24.1 Å². The van der Waals surface area contributed by atoms with Gasteiger partial charge in [0.05, 0.1) is 36.1 Å². The summed E-state index contributed by atoms with van der Waals surface area (Å²) < 4.78 is 71.7. The summed E-state index contributed by atoms with van der Waals surface area (Å²) in [5.41, 5.74) is -1.13. The average Bonchev–Trinajstić information content (AvgIpc) is 3.03. The second-order valence-electron chi connectivity index (χ2n) is 10.2. The highest BCUT2D eigenvalue weighted by atomic mass is 19.4. The molecule has 0 bridgehead atoms. The Balaban J connectivity index is 1.47. The van der Waals surface area contributed by atoms with Crippen LogP contribution in [-0.4, -0.2) is 53.0 Å². The third-order valence-corrected chi connectivity index (χ3v) is 6.98. The van der Waals surface area contributed by atoms with Crippen LogP contribution in [0.5, 0.6) is 5.88 Å². The lowest BCUT2D eigenvalue weighted by Crippen LogP contribution is -2.44. The van der Waals surface area contributed by atoms with Gasteiger partial charge in [0.2, 0.25) is 11.8 Å². The minimum Gasteiger partial charge on any atom is -0.473 e. The number of rotatable bonds is 9. The van der Waals surface area contributed by atoms with Gasteiger partial charge in [-0.15, -0.1) is 0 Å². The number of nitrogens with zero attached hydrogens (tertiary/aromatic N) is 4. The van der Waals surface area contributed by atoms with Gasteiger partial charge >= 0.3 is 12.1 Å². The van der Waals surface area contributed by atoms with Crippen LogP contribution in [0.3, 0.4) is 0 Å². The Morgan fingerprint density at radius 1 is 1.09 bits per heavy atom. The Morgan fingerprint density at radius 3 is 2.51 bits per heavy atom. The van der Waals surface area contributed by atoms with E-state index >= 15 is 4.39 Å². The van der Waals surface area contributed by atoms with E-state index in [1.54, 1.807) is 30.2 Å². The highest BCUT2D eigenvalue weighted by Crippen LogP contribution is 2.35. The summed E-state index contributed by atoms with van der Waals surface area (Å²) in [5, 5.41) is 0. The van der Waals surface area contributed by atoms with Crippen molar-refractivity contribution in [2.75, 3.05) is 24.6 Å². The molecule has 2 aromatic heterocycles. The maximum atomic E-state index is 15.1. The van der Waals surface area contributed by atoms with Crippen LogP contribution in [0.15, 0.2) is 66.9 Å². The van der Waals surface area contributed by atoms with Crippen molar-refractivity contribution in [3.63, 3.8) is 0 Å². The van der Waals surface area contributed by atoms with Gasteiger partial charge in [-0.1, -0.05) is 30.3 Å². The first-order valence-corrected chi connectivity index (χ1v) is 14.0. The number of hydrogen-bond acceptors (Lipinski definition) is 9. The molecule has 1 saturated heterocycles. The van der Waals surface area contributed by atoms with Gasteiger partial charge < -0.3 is 19.1 Å². The topological polar surface area (TPSA) is 104 Å². The molecule has 0 radical (unpaired) electrons. The van der Waals surface area contributed by atoms with Crippen molar-refractivity contribution in [1.82, 2.24) is 15.0 Å². The van der Waals surface area contributed by atoms with E-state index in [1.165, 1.54) is 0 Å². The highest BCUT2D eigenvalue weighted by molar-refractivity contribution is 6.01. The van der Waals surface area contributed by atoms with Gasteiger partial charge in [0.25, 0.3) is 0 Å². The molecule has 2 atom stereocenters. The second-order valence-corrected chi connectivity index (χ2v) is 10.2. The molecule has 1 aliphatic heterocycles. The third kappa shape index (κ3) is 7.26.